The van der Waals surface area contributed by atoms with Crippen LogP contribution in [0, 0.1) is 17.3 Å². The molecule has 0 saturated heterocycles. The molecule has 4 nitrogen and oxygen atoms in total. The first kappa shape index (κ1) is 24.8. The van der Waals surface area contributed by atoms with Gasteiger partial charge in [-0.3, -0.25) is 4.79 Å². The molecule has 2 N–H and O–H groups in total. The fraction of sp³-hybridized carbons (Fsp3) is 0.783. The van der Waals surface area contributed by atoms with Gasteiger partial charge in [0.2, 0.25) is 0 Å². The number of aliphatic hydroxyl groups excluding tert-OH is 2. The van der Waals surface area contributed by atoms with Crippen molar-refractivity contribution >= 4 is 5.97 Å². The zero-order valence-electron chi connectivity index (χ0n) is 17.9. The molecular formula is C23H39FO4. The van der Waals surface area contributed by atoms with Gasteiger partial charge >= 0.3 is 5.97 Å². The molecule has 1 aliphatic carbocycles. The van der Waals surface area contributed by atoms with Crippen LogP contribution in [0.5, 0.6) is 0 Å². The third-order valence-electron chi connectivity index (χ3n) is 5.92. The van der Waals surface area contributed by atoms with Gasteiger partial charge in [-0.1, -0.05) is 57.9 Å². The average molecular weight is 399 g/mol. The molecule has 0 spiro atoms. The number of rotatable bonds is 12. The van der Waals surface area contributed by atoms with Crippen molar-refractivity contribution in [2.75, 3.05) is 7.11 Å². The highest BCUT2D eigenvalue weighted by atomic mass is 19.1. The zero-order chi connectivity index (χ0) is 21.2. The van der Waals surface area contributed by atoms with Gasteiger partial charge in [0, 0.05) is 24.7 Å². The number of carbonyl (C=O) groups is 1. The maximum absolute atomic E-state index is 14.4. The quantitative estimate of drug-likeness (QED) is 0.283. The molecule has 1 saturated carbocycles. The van der Waals surface area contributed by atoms with Crippen LogP contribution in [-0.4, -0.2) is 41.7 Å². The number of hydrogen-bond acceptors (Lipinski definition) is 4. The first-order valence-corrected chi connectivity index (χ1v) is 10.6. The van der Waals surface area contributed by atoms with Crippen molar-refractivity contribution in [1.82, 2.24) is 0 Å². The van der Waals surface area contributed by atoms with Gasteiger partial charge < -0.3 is 14.9 Å². The number of halogens is 1. The van der Waals surface area contributed by atoms with E-state index in [2.05, 4.69) is 11.7 Å². The van der Waals surface area contributed by atoms with E-state index in [9.17, 15) is 19.4 Å². The molecule has 1 aliphatic rings. The summed E-state index contributed by atoms with van der Waals surface area (Å²) >= 11 is 0. The lowest BCUT2D eigenvalue weighted by Crippen LogP contribution is -2.28. The first-order valence-electron chi connectivity index (χ1n) is 10.6. The molecule has 162 valence electrons. The molecular weight excluding hydrogens is 359 g/mol. The Hall–Kier alpha value is -1.20. The van der Waals surface area contributed by atoms with Crippen LogP contribution in [0.2, 0.25) is 0 Å². The summed E-state index contributed by atoms with van der Waals surface area (Å²) in [5.41, 5.74) is -0.236. The Labute approximate surface area is 169 Å². The van der Waals surface area contributed by atoms with Crippen LogP contribution in [-0.2, 0) is 9.53 Å². The van der Waals surface area contributed by atoms with Crippen LogP contribution in [0.15, 0.2) is 24.3 Å². The minimum absolute atomic E-state index is 0.144. The van der Waals surface area contributed by atoms with E-state index >= 15 is 0 Å². The number of methoxy groups -OCH3 is 1. The molecule has 0 aromatic carbocycles. The Balaban J connectivity index is 2.59. The molecule has 0 heterocycles. The number of aliphatic hydroxyl groups is 2. The third kappa shape index (κ3) is 8.04. The molecule has 5 atom stereocenters. The number of ether oxygens (including phenoxy) is 1. The van der Waals surface area contributed by atoms with Crippen LogP contribution in [0.3, 0.4) is 0 Å². The smallest absolute Gasteiger partial charge is 0.305 e. The summed E-state index contributed by atoms with van der Waals surface area (Å²) in [4.78, 5) is 11.1. The average Bonchev–Trinajstić information content (AvgIpc) is 2.93. The lowest BCUT2D eigenvalue weighted by Gasteiger charge is -2.29. The maximum Gasteiger partial charge on any atom is 0.305 e. The molecule has 28 heavy (non-hydrogen) atoms. The lowest BCUT2D eigenvalue weighted by atomic mass is 9.80. The summed E-state index contributed by atoms with van der Waals surface area (Å²) in [7, 11) is 1.38. The number of allylic oxidation sites excluding steroid dienone is 2. The largest absolute Gasteiger partial charge is 0.469 e. The van der Waals surface area contributed by atoms with E-state index in [0.29, 0.717) is 19.3 Å². The van der Waals surface area contributed by atoms with E-state index in [0.717, 1.165) is 25.7 Å². The van der Waals surface area contributed by atoms with E-state index in [1.54, 1.807) is 6.08 Å². The Morgan fingerprint density at radius 3 is 2.68 bits per heavy atom. The predicted octanol–water partition coefficient (Wildman–Crippen LogP) is 4.74. The van der Waals surface area contributed by atoms with Crippen molar-refractivity contribution < 1.29 is 24.1 Å². The second-order valence-electron chi connectivity index (χ2n) is 8.66. The number of hydrogen-bond donors (Lipinski definition) is 2. The van der Waals surface area contributed by atoms with Crippen LogP contribution in [0.25, 0.3) is 0 Å². The first-order chi connectivity index (χ1) is 13.2. The van der Waals surface area contributed by atoms with Gasteiger partial charge in [-0.15, -0.1) is 0 Å². The zero-order valence-corrected chi connectivity index (χ0v) is 17.9. The Bertz CT molecular complexity index is 515. The molecule has 0 bridgehead atoms. The summed E-state index contributed by atoms with van der Waals surface area (Å²) in [5.74, 6) is -0.790. The van der Waals surface area contributed by atoms with Crippen molar-refractivity contribution in [2.24, 2.45) is 17.3 Å². The van der Waals surface area contributed by atoms with Crippen molar-refractivity contribution in [3.63, 3.8) is 0 Å². The monoisotopic (exact) mass is 398 g/mol. The van der Waals surface area contributed by atoms with Crippen molar-refractivity contribution in [3.8, 4) is 0 Å². The molecule has 1 fully saturated rings. The van der Waals surface area contributed by atoms with E-state index in [4.69, 9.17) is 0 Å². The Morgan fingerprint density at radius 1 is 1.32 bits per heavy atom. The van der Waals surface area contributed by atoms with E-state index in [1.165, 1.54) is 7.11 Å². The Kier molecular flexibility index (Phi) is 11.0. The predicted molar refractivity (Wildman–Crippen MR) is 111 cm³/mol. The Morgan fingerprint density at radius 2 is 2.04 bits per heavy atom. The highest BCUT2D eigenvalue weighted by Crippen LogP contribution is 2.39. The van der Waals surface area contributed by atoms with Gasteiger partial charge in [0.15, 0.2) is 0 Å². The standard InChI is InChI=1S/C23H39FO4/c1-5-6-15-23(2,3)21(26)14-13-18-17(19(24)16-20(18)25)11-9-7-8-10-12-22(27)28-4/h7,9,13-14,17-21,25-26H,5-6,8,10-12,15-16H2,1-4H3/t17-,18-,19-,20-,21-/m1/s1. The van der Waals surface area contributed by atoms with Gasteiger partial charge in [-0.05, 0) is 31.1 Å². The topological polar surface area (TPSA) is 66.8 Å². The minimum atomic E-state index is -1.05. The number of esters is 1. The summed E-state index contributed by atoms with van der Waals surface area (Å²) in [6.45, 7) is 6.20. The van der Waals surface area contributed by atoms with Crippen molar-refractivity contribution in [3.05, 3.63) is 24.3 Å². The summed E-state index contributed by atoms with van der Waals surface area (Å²) in [5, 5.41) is 20.8. The van der Waals surface area contributed by atoms with Crippen LogP contribution in [0.1, 0.15) is 72.1 Å². The second-order valence-corrected chi connectivity index (χ2v) is 8.66. The fourth-order valence-electron chi connectivity index (χ4n) is 3.78. The summed E-state index contributed by atoms with van der Waals surface area (Å²) in [6, 6.07) is 0. The van der Waals surface area contributed by atoms with Gasteiger partial charge in [-0.2, -0.15) is 0 Å². The van der Waals surface area contributed by atoms with Gasteiger partial charge in [0.25, 0.3) is 0 Å². The highest BCUT2D eigenvalue weighted by Gasteiger charge is 2.41. The van der Waals surface area contributed by atoms with Gasteiger partial charge in [0.1, 0.15) is 6.17 Å². The molecule has 0 aliphatic heterocycles. The summed E-state index contributed by atoms with van der Waals surface area (Å²) < 4.78 is 19.0. The van der Waals surface area contributed by atoms with Crippen LogP contribution >= 0.6 is 0 Å². The lowest BCUT2D eigenvalue weighted by molar-refractivity contribution is -0.140. The molecule has 5 heteroatoms. The summed E-state index contributed by atoms with van der Waals surface area (Å²) in [6.07, 6.45) is 10.7. The van der Waals surface area contributed by atoms with Crippen molar-refractivity contribution in [2.45, 2.75) is 90.5 Å². The SMILES string of the molecule is CCCCC(C)(C)[C@H](O)C=C[C@@H]1[C@@H](CC=CCCCC(=O)OC)[C@H](F)C[C@H]1O. The van der Waals surface area contributed by atoms with Crippen molar-refractivity contribution in [1.29, 1.82) is 0 Å². The minimum Gasteiger partial charge on any atom is -0.469 e. The van der Waals surface area contributed by atoms with Crippen LogP contribution < -0.4 is 0 Å². The molecule has 0 aromatic rings. The third-order valence-corrected chi connectivity index (χ3v) is 5.92. The molecule has 0 radical (unpaired) electrons. The molecule has 0 aromatic heterocycles. The van der Waals surface area contributed by atoms with Crippen LogP contribution in [0.4, 0.5) is 4.39 Å². The van der Waals surface area contributed by atoms with E-state index in [-0.39, 0.29) is 29.6 Å². The molecule has 0 amide bonds. The maximum atomic E-state index is 14.4. The number of unbranched alkanes of at least 4 members (excludes halogenated alkanes) is 2. The normalized spacial score (nSPS) is 27.0. The van der Waals surface area contributed by atoms with Gasteiger partial charge in [-0.25, -0.2) is 4.39 Å². The van der Waals surface area contributed by atoms with E-state index in [1.807, 2.05) is 32.1 Å². The molecule has 1 rings (SSSR count). The van der Waals surface area contributed by atoms with Gasteiger partial charge in [0.05, 0.1) is 19.3 Å². The number of alkyl halides is 1. The second kappa shape index (κ2) is 12.4. The van der Waals surface area contributed by atoms with E-state index < -0.39 is 18.4 Å². The highest BCUT2D eigenvalue weighted by molar-refractivity contribution is 5.69. The fourth-order valence-corrected chi connectivity index (χ4v) is 3.78. The molecule has 0 unspecified atom stereocenters. The number of carbonyl (C=O) groups excluding carboxylic acids is 1.